The smallest absolute Gasteiger partial charge is 0.434 e. The standard InChI is InChI=1S/C29H30F3N3OS/c1-27(2,3)19-15-13-18(14-16-19)23-24(29(30,31)32)35-26(37-23)34-21-11-9-17-33-25(21)36-22-12-8-7-10-20(22)28(4,5)6/h7-17H,1-6H3,(H,34,35). The van der Waals surface area contributed by atoms with Gasteiger partial charge in [0, 0.05) is 11.8 Å². The van der Waals surface area contributed by atoms with Gasteiger partial charge < -0.3 is 10.1 Å². The summed E-state index contributed by atoms with van der Waals surface area (Å²) in [4.78, 5) is 8.32. The number of halogens is 3. The van der Waals surface area contributed by atoms with Crippen LogP contribution in [0, 0.1) is 0 Å². The zero-order chi connectivity index (χ0) is 27.0. The second kappa shape index (κ2) is 9.82. The van der Waals surface area contributed by atoms with E-state index in [4.69, 9.17) is 4.74 Å². The SMILES string of the molecule is CC(C)(C)c1ccc(-c2sc(Nc3cccnc3Oc3ccccc3C(C)(C)C)nc2C(F)(F)F)cc1. The van der Waals surface area contributed by atoms with Crippen molar-refractivity contribution < 1.29 is 17.9 Å². The zero-order valence-corrected chi connectivity index (χ0v) is 22.5. The number of thiazole rings is 1. The maximum absolute atomic E-state index is 14.0. The predicted molar refractivity (Wildman–Crippen MR) is 144 cm³/mol. The quantitative estimate of drug-likeness (QED) is 0.282. The first-order valence-corrected chi connectivity index (χ1v) is 12.7. The van der Waals surface area contributed by atoms with Gasteiger partial charge >= 0.3 is 6.18 Å². The Kier molecular flexibility index (Phi) is 7.08. The predicted octanol–water partition coefficient (Wildman–Crippen LogP) is 9.35. The van der Waals surface area contributed by atoms with Crippen molar-refractivity contribution in [2.45, 2.75) is 58.5 Å². The molecule has 0 radical (unpaired) electrons. The van der Waals surface area contributed by atoms with Crippen molar-refractivity contribution in [2.24, 2.45) is 0 Å². The second-order valence-corrected chi connectivity index (χ2v) is 11.9. The largest absolute Gasteiger partial charge is 0.437 e. The molecule has 194 valence electrons. The van der Waals surface area contributed by atoms with Crippen LogP contribution in [0.15, 0.2) is 66.9 Å². The Balaban J connectivity index is 1.69. The van der Waals surface area contributed by atoms with Crippen LogP contribution in [0.2, 0.25) is 0 Å². The molecule has 0 unspecified atom stereocenters. The molecule has 0 spiro atoms. The molecule has 2 aromatic heterocycles. The first kappa shape index (κ1) is 26.7. The van der Waals surface area contributed by atoms with E-state index in [9.17, 15) is 13.2 Å². The highest BCUT2D eigenvalue weighted by Crippen LogP contribution is 2.44. The first-order chi connectivity index (χ1) is 17.2. The average molecular weight is 526 g/mol. The average Bonchev–Trinajstić information content (AvgIpc) is 3.24. The molecule has 0 atom stereocenters. The minimum atomic E-state index is -4.60. The van der Waals surface area contributed by atoms with Crippen molar-refractivity contribution in [1.29, 1.82) is 0 Å². The van der Waals surface area contributed by atoms with Crippen LogP contribution in [0.1, 0.15) is 58.4 Å². The molecule has 4 rings (SSSR count). The molecule has 1 N–H and O–H groups in total. The topological polar surface area (TPSA) is 47.0 Å². The highest BCUT2D eigenvalue weighted by atomic mass is 32.1. The van der Waals surface area contributed by atoms with Crippen molar-refractivity contribution in [3.63, 3.8) is 0 Å². The minimum absolute atomic E-state index is 0.0555. The summed E-state index contributed by atoms with van der Waals surface area (Å²) in [5.41, 5.74) is 1.71. The van der Waals surface area contributed by atoms with Gasteiger partial charge in [0.2, 0.25) is 5.88 Å². The molecule has 0 aliphatic heterocycles. The third kappa shape index (κ3) is 6.13. The number of para-hydroxylation sites is 1. The molecule has 0 fully saturated rings. The van der Waals surface area contributed by atoms with Crippen LogP contribution in [0.5, 0.6) is 11.6 Å². The van der Waals surface area contributed by atoms with E-state index < -0.39 is 11.9 Å². The summed E-state index contributed by atoms with van der Waals surface area (Å²) in [7, 11) is 0. The fourth-order valence-electron chi connectivity index (χ4n) is 3.84. The number of hydrogen-bond donors (Lipinski definition) is 1. The van der Waals surface area contributed by atoms with E-state index >= 15 is 0 Å². The first-order valence-electron chi connectivity index (χ1n) is 11.9. The number of rotatable bonds is 5. The molecular weight excluding hydrogens is 495 g/mol. The minimum Gasteiger partial charge on any atom is -0.437 e. The number of nitrogens with one attached hydrogen (secondary N) is 1. The Hall–Kier alpha value is -3.39. The molecule has 0 amide bonds. The third-order valence-corrected chi connectivity index (χ3v) is 6.84. The van der Waals surface area contributed by atoms with Crippen LogP contribution in [-0.4, -0.2) is 9.97 Å². The van der Waals surface area contributed by atoms with Gasteiger partial charge in [-0.1, -0.05) is 95.3 Å². The molecular formula is C29H30F3N3OS. The fraction of sp³-hybridized carbons (Fsp3) is 0.310. The van der Waals surface area contributed by atoms with Crippen LogP contribution in [0.4, 0.5) is 24.0 Å². The van der Waals surface area contributed by atoms with Crippen molar-refractivity contribution in [1.82, 2.24) is 9.97 Å². The number of aromatic nitrogens is 2. The van der Waals surface area contributed by atoms with E-state index in [1.807, 2.05) is 36.4 Å². The molecule has 37 heavy (non-hydrogen) atoms. The molecule has 0 aliphatic rings. The van der Waals surface area contributed by atoms with E-state index in [-0.39, 0.29) is 26.7 Å². The van der Waals surface area contributed by atoms with E-state index in [1.54, 1.807) is 30.5 Å². The summed E-state index contributed by atoms with van der Waals surface area (Å²) in [6.07, 6.45) is -3.03. The Morgan fingerprint density at radius 3 is 2.11 bits per heavy atom. The molecule has 0 saturated heterocycles. The number of anilines is 2. The maximum atomic E-state index is 14.0. The van der Waals surface area contributed by atoms with E-state index in [1.165, 1.54) is 0 Å². The number of nitrogens with zero attached hydrogens (tertiary/aromatic N) is 2. The third-order valence-electron chi connectivity index (χ3n) is 5.82. The highest BCUT2D eigenvalue weighted by Gasteiger charge is 2.38. The van der Waals surface area contributed by atoms with Gasteiger partial charge in [-0.2, -0.15) is 13.2 Å². The summed E-state index contributed by atoms with van der Waals surface area (Å²) in [6.45, 7) is 12.4. The summed E-state index contributed by atoms with van der Waals surface area (Å²) < 4.78 is 48.0. The van der Waals surface area contributed by atoms with Gasteiger partial charge in [-0.25, -0.2) is 9.97 Å². The van der Waals surface area contributed by atoms with Crippen molar-refractivity contribution >= 4 is 22.2 Å². The van der Waals surface area contributed by atoms with Gasteiger partial charge in [-0.05, 0) is 40.2 Å². The number of alkyl halides is 3. The van der Waals surface area contributed by atoms with Crippen molar-refractivity contribution in [3.05, 3.63) is 83.7 Å². The Bertz CT molecular complexity index is 1380. The van der Waals surface area contributed by atoms with Gasteiger partial charge in [0.25, 0.3) is 0 Å². The van der Waals surface area contributed by atoms with Crippen LogP contribution in [-0.2, 0) is 17.0 Å². The number of ether oxygens (including phenoxy) is 1. The van der Waals surface area contributed by atoms with Crippen LogP contribution < -0.4 is 10.1 Å². The molecule has 0 aliphatic carbocycles. The zero-order valence-electron chi connectivity index (χ0n) is 21.7. The summed E-state index contributed by atoms with van der Waals surface area (Å²) in [6, 6.07) is 18.2. The fourth-order valence-corrected chi connectivity index (χ4v) is 4.85. The lowest BCUT2D eigenvalue weighted by Gasteiger charge is -2.22. The highest BCUT2D eigenvalue weighted by molar-refractivity contribution is 7.19. The van der Waals surface area contributed by atoms with Crippen LogP contribution in [0.25, 0.3) is 10.4 Å². The number of pyridine rings is 1. The normalized spacial score (nSPS) is 12.5. The number of hydrogen-bond acceptors (Lipinski definition) is 5. The lowest BCUT2D eigenvalue weighted by atomic mass is 9.86. The second-order valence-electron chi connectivity index (χ2n) is 10.9. The van der Waals surface area contributed by atoms with Gasteiger partial charge in [0.05, 0.1) is 4.88 Å². The molecule has 0 bridgehead atoms. The van der Waals surface area contributed by atoms with Crippen molar-refractivity contribution in [3.8, 4) is 22.1 Å². The van der Waals surface area contributed by atoms with Gasteiger partial charge in [-0.15, -0.1) is 0 Å². The molecule has 4 nitrogen and oxygen atoms in total. The Morgan fingerprint density at radius 2 is 1.49 bits per heavy atom. The molecule has 2 heterocycles. The van der Waals surface area contributed by atoms with E-state index in [2.05, 4.69) is 56.8 Å². The van der Waals surface area contributed by atoms with Crippen molar-refractivity contribution in [2.75, 3.05) is 5.32 Å². The van der Waals surface area contributed by atoms with Gasteiger partial charge in [-0.3, -0.25) is 0 Å². The van der Waals surface area contributed by atoms with Gasteiger partial charge in [0.15, 0.2) is 10.8 Å². The van der Waals surface area contributed by atoms with Crippen LogP contribution >= 0.6 is 11.3 Å². The molecule has 4 aromatic rings. The Morgan fingerprint density at radius 1 is 0.811 bits per heavy atom. The lowest BCUT2D eigenvalue weighted by molar-refractivity contribution is -0.140. The van der Waals surface area contributed by atoms with Gasteiger partial charge in [0.1, 0.15) is 11.4 Å². The van der Waals surface area contributed by atoms with Crippen LogP contribution in [0.3, 0.4) is 0 Å². The van der Waals surface area contributed by atoms with E-state index in [0.29, 0.717) is 17.0 Å². The maximum Gasteiger partial charge on any atom is 0.434 e. The molecule has 0 saturated carbocycles. The van der Waals surface area contributed by atoms with E-state index in [0.717, 1.165) is 22.5 Å². The summed E-state index contributed by atoms with van der Waals surface area (Å²) in [5.74, 6) is 0.880. The summed E-state index contributed by atoms with van der Waals surface area (Å²) >= 11 is 0.945. The molecule has 2 aromatic carbocycles. The number of benzene rings is 2. The lowest BCUT2D eigenvalue weighted by Crippen LogP contribution is -2.12. The monoisotopic (exact) mass is 525 g/mol. The molecule has 8 heteroatoms. The summed E-state index contributed by atoms with van der Waals surface area (Å²) in [5, 5.41) is 3.11. The Labute approximate surface area is 219 Å².